The molecule has 0 aromatic carbocycles. The van der Waals surface area contributed by atoms with Crippen molar-refractivity contribution in [3.05, 3.63) is 16.8 Å². The van der Waals surface area contributed by atoms with E-state index in [1.807, 2.05) is 14.1 Å². The second-order valence-corrected chi connectivity index (χ2v) is 5.67. The predicted molar refractivity (Wildman–Crippen MR) is 88.3 cm³/mol. The van der Waals surface area contributed by atoms with Crippen LogP contribution < -0.4 is 11.1 Å². The van der Waals surface area contributed by atoms with Gasteiger partial charge in [-0.3, -0.25) is 0 Å². The Morgan fingerprint density at radius 1 is 1.30 bits per heavy atom. The van der Waals surface area contributed by atoms with Gasteiger partial charge in [0.2, 0.25) is 0 Å². The van der Waals surface area contributed by atoms with Crippen molar-refractivity contribution < 1.29 is 0 Å². The van der Waals surface area contributed by atoms with Gasteiger partial charge in [0, 0.05) is 12.6 Å². The standard InChI is InChI=1S/C14H25N5S/c1-6-10-11(7-2)17-18-14(12(10)13(15)20)16-9(3)8-19(4)5/h9H,6-8H2,1-5H3,(H2,15,20)(H,16,18). The second-order valence-electron chi connectivity index (χ2n) is 5.23. The van der Waals surface area contributed by atoms with Crippen molar-refractivity contribution in [1.29, 1.82) is 0 Å². The van der Waals surface area contributed by atoms with Crippen LogP contribution in [0.2, 0.25) is 0 Å². The van der Waals surface area contributed by atoms with Crippen LogP contribution in [0.5, 0.6) is 0 Å². The number of nitrogens with zero attached hydrogens (tertiary/aromatic N) is 3. The molecule has 1 aromatic rings. The Bertz CT molecular complexity index is 473. The number of rotatable bonds is 7. The Balaban J connectivity index is 3.16. The molecule has 0 aliphatic heterocycles. The number of hydrogen-bond acceptors (Lipinski definition) is 5. The van der Waals surface area contributed by atoms with Crippen molar-refractivity contribution >= 4 is 23.0 Å². The number of nitrogens with two attached hydrogens (primary N) is 1. The van der Waals surface area contributed by atoms with Crippen molar-refractivity contribution in [2.24, 2.45) is 5.73 Å². The maximum absolute atomic E-state index is 5.90. The molecule has 1 rings (SSSR count). The second kappa shape index (κ2) is 7.50. The highest BCUT2D eigenvalue weighted by Gasteiger charge is 2.18. The van der Waals surface area contributed by atoms with Gasteiger partial charge in [-0.25, -0.2) is 0 Å². The lowest BCUT2D eigenvalue weighted by molar-refractivity contribution is 0.391. The zero-order valence-corrected chi connectivity index (χ0v) is 13.8. The molecule has 1 heterocycles. The smallest absolute Gasteiger partial charge is 0.159 e. The third-order valence-electron chi connectivity index (χ3n) is 3.11. The van der Waals surface area contributed by atoms with Gasteiger partial charge >= 0.3 is 0 Å². The van der Waals surface area contributed by atoms with Gasteiger partial charge in [0.1, 0.15) is 4.99 Å². The van der Waals surface area contributed by atoms with E-state index in [1.54, 1.807) is 0 Å². The summed E-state index contributed by atoms with van der Waals surface area (Å²) in [4.78, 5) is 2.50. The van der Waals surface area contributed by atoms with Crippen LogP contribution in [0.1, 0.15) is 37.6 Å². The summed E-state index contributed by atoms with van der Waals surface area (Å²) in [5.41, 5.74) is 8.83. The van der Waals surface area contributed by atoms with Crippen LogP contribution >= 0.6 is 12.2 Å². The minimum Gasteiger partial charge on any atom is -0.389 e. The molecule has 0 saturated carbocycles. The van der Waals surface area contributed by atoms with Gasteiger partial charge in [-0.05, 0) is 39.4 Å². The molecule has 6 heteroatoms. The van der Waals surface area contributed by atoms with Gasteiger partial charge in [0.25, 0.3) is 0 Å². The molecule has 0 radical (unpaired) electrons. The van der Waals surface area contributed by atoms with Gasteiger partial charge in [0.15, 0.2) is 5.82 Å². The summed E-state index contributed by atoms with van der Waals surface area (Å²) in [7, 11) is 4.08. The van der Waals surface area contributed by atoms with Crippen LogP contribution in [0.3, 0.4) is 0 Å². The first kappa shape index (κ1) is 16.8. The van der Waals surface area contributed by atoms with Crippen LogP contribution in [0.25, 0.3) is 0 Å². The summed E-state index contributed by atoms with van der Waals surface area (Å²) < 4.78 is 0. The third-order valence-corrected chi connectivity index (χ3v) is 3.32. The lowest BCUT2D eigenvalue weighted by Crippen LogP contribution is -2.31. The number of thiocarbonyl (C=S) groups is 1. The van der Waals surface area contributed by atoms with Crippen LogP contribution in [0.15, 0.2) is 0 Å². The maximum Gasteiger partial charge on any atom is 0.159 e. The van der Waals surface area contributed by atoms with Crippen LogP contribution in [0, 0.1) is 0 Å². The van der Waals surface area contributed by atoms with Gasteiger partial charge in [0.05, 0.1) is 11.3 Å². The van der Waals surface area contributed by atoms with Crippen molar-refractivity contribution in [2.45, 2.75) is 39.7 Å². The van der Waals surface area contributed by atoms with Crippen molar-refractivity contribution in [2.75, 3.05) is 26.0 Å². The molecule has 0 amide bonds. The average Bonchev–Trinajstić information content (AvgIpc) is 2.36. The topological polar surface area (TPSA) is 67.1 Å². The molecule has 3 N–H and O–H groups in total. The molecule has 0 aliphatic rings. The minimum absolute atomic E-state index is 0.240. The number of anilines is 1. The Morgan fingerprint density at radius 2 is 1.95 bits per heavy atom. The summed E-state index contributed by atoms with van der Waals surface area (Å²) in [5, 5.41) is 11.9. The Labute approximate surface area is 126 Å². The molecule has 0 saturated heterocycles. The lowest BCUT2D eigenvalue weighted by Gasteiger charge is -2.21. The molecule has 0 aliphatic carbocycles. The quantitative estimate of drug-likeness (QED) is 0.745. The summed E-state index contributed by atoms with van der Waals surface area (Å²) in [5.74, 6) is 0.695. The molecule has 1 atom stereocenters. The zero-order valence-electron chi connectivity index (χ0n) is 13.0. The summed E-state index contributed by atoms with van der Waals surface area (Å²) in [6.45, 7) is 7.15. The van der Waals surface area contributed by atoms with Crippen molar-refractivity contribution in [3.63, 3.8) is 0 Å². The van der Waals surface area contributed by atoms with E-state index in [0.29, 0.717) is 10.8 Å². The highest BCUT2D eigenvalue weighted by Crippen LogP contribution is 2.21. The fourth-order valence-corrected chi connectivity index (χ4v) is 2.59. The normalized spacial score (nSPS) is 12.5. The number of aryl methyl sites for hydroxylation is 1. The molecule has 112 valence electrons. The van der Waals surface area contributed by atoms with Crippen LogP contribution in [-0.4, -0.2) is 46.8 Å². The molecular weight excluding hydrogens is 270 g/mol. The van der Waals surface area contributed by atoms with Crippen LogP contribution in [0.4, 0.5) is 5.82 Å². The molecule has 20 heavy (non-hydrogen) atoms. The highest BCUT2D eigenvalue weighted by molar-refractivity contribution is 7.80. The fourth-order valence-electron chi connectivity index (χ4n) is 2.37. The van der Waals surface area contributed by atoms with E-state index in [0.717, 1.165) is 36.2 Å². The largest absolute Gasteiger partial charge is 0.389 e. The Hall–Kier alpha value is -1.27. The number of aromatic nitrogens is 2. The first-order valence-electron chi connectivity index (χ1n) is 7.00. The fraction of sp³-hybridized carbons (Fsp3) is 0.643. The van der Waals surface area contributed by atoms with E-state index < -0.39 is 0 Å². The van der Waals surface area contributed by atoms with Gasteiger partial charge in [-0.1, -0.05) is 26.1 Å². The van der Waals surface area contributed by atoms with E-state index in [4.69, 9.17) is 18.0 Å². The summed E-state index contributed by atoms with van der Waals surface area (Å²) >= 11 is 5.21. The van der Waals surface area contributed by atoms with Gasteiger partial charge in [-0.15, -0.1) is 5.10 Å². The first-order chi connectivity index (χ1) is 9.40. The monoisotopic (exact) mass is 295 g/mol. The van der Waals surface area contributed by atoms with Crippen molar-refractivity contribution in [1.82, 2.24) is 15.1 Å². The maximum atomic E-state index is 5.90. The van der Waals surface area contributed by atoms with E-state index in [2.05, 4.69) is 41.2 Å². The molecule has 1 unspecified atom stereocenters. The zero-order chi connectivity index (χ0) is 15.3. The lowest BCUT2D eigenvalue weighted by atomic mass is 10.0. The van der Waals surface area contributed by atoms with Crippen LogP contribution in [-0.2, 0) is 12.8 Å². The van der Waals surface area contributed by atoms with E-state index in [9.17, 15) is 0 Å². The SMILES string of the molecule is CCc1nnc(NC(C)CN(C)C)c(C(N)=S)c1CC. The number of hydrogen-bond donors (Lipinski definition) is 2. The first-order valence-corrected chi connectivity index (χ1v) is 7.40. The average molecular weight is 295 g/mol. The molecule has 1 aromatic heterocycles. The molecule has 0 bridgehead atoms. The molecule has 5 nitrogen and oxygen atoms in total. The summed E-state index contributed by atoms with van der Waals surface area (Å²) in [6, 6.07) is 0.240. The third kappa shape index (κ3) is 4.11. The molecule has 0 spiro atoms. The Morgan fingerprint density at radius 3 is 2.40 bits per heavy atom. The van der Waals surface area contributed by atoms with E-state index in [-0.39, 0.29) is 6.04 Å². The van der Waals surface area contributed by atoms with E-state index in [1.165, 1.54) is 0 Å². The summed E-state index contributed by atoms with van der Waals surface area (Å²) in [6.07, 6.45) is 1.68. The highest BCUT2D eigenvalue weighted by atomic mass is 32.1. The predicted octanol–water partition coefficient (Wildman–Crippen LogP) is 1.60. The minimum atomic E-state index is 0.240. The van der Waals surface area contributed by atoms with E-state index >= 15 is 0 Å². The molecule has 0 fully saturated rings. The number of likely N-dealkylation sites (N-methyl/N-ethyl adjacent to an activating group) is 1. The van der Waals surface area contributed by atoms with Gasteiger partial charge in [-0.2, -0.15) is 5.10 Å². The van der Waals surface area contributed by atoms with Crippen molar-refractivity contribution in [3.8, 4) is 0 Å². The Kier molecular flexibility index (Phi) is 6.29. The number of nitrogens with one attached hydrogen (secondary N) is 1. The molecular formula is C14H25N5S. The van der Waals surface area contributed by atoms with Gasteiger partial charge < -0.3 is 16.0 Å².